The van der Waals surface area contributed by atoms with Crippen molar-refractivity contribution in [1.29, 1.82) is 0 Å². The zero-order valence-electron chi connectivity index (χ0n) is 18.5. The van der Waals surface area contributed by atoms with Crippen LogP contribution < -0.4 is 20.1 Å². The standard InChI is InChI=1S/C23H27F2N5O2.HI/c1-26-23(27-12-10-17-8-9-20(31-2)21(14-17)32-22(24)25)28-15-18-6-3-4-7-19(18)16-30-13-5-11-29-30;/h3-9,11,13-14,22H,10,12,15-16H2,1-2H3,(H2,26,27,28);1H. The van der Waals surface area contributed by atoms with Crippen LogP contribution in [-0.2, 0) is 19.5 Å². The molecule has 0 aliphatic rings. The molecule has 0 aliphatic carbocycles. The molecule has 33 heavy (non-hydrogen) atoms. The average molecular weight is 571 g/mol. The van der Waals surface area contributed by atoms with Gasteiger partial charge in [-0.05, 0) is 41.3 Å². The Balaban J connectivity index is 0.00000385. The minimum Gasteiger partial charge on any atom is -0.493 e. The first-order valence-electron chi connectivity index (χ1n) is 10.2. The Hall–Kier alpha value is -2.89. The van der Waals surface area contributed by atoms with Crippen LogP contribution in [0.2, 0.25) is 0 Å². The molecule has 0 bridgehead atoms. The fraction of sp³-hybridized carbons (Fsp3) is 0.304. The molecule has 7 nitrogen and oxygen atoms in total. The molecule has 2 aromatic carbocycles. The first-order chi connectivity index (χ1) is 15.6. The number of nitrogens with zero attached hydrogens (tertiary/aromatic N) is 3. The predicted molar refractivity (Wildman–Crippen MR) is 135 cm³/mol. The molecule has 0 fully saturated rings. The van der Waals surface area contributed by atoms with E-state index in [-0.39, 0.29) is 35.5 Å². The molecule has 0 atom stereocenters. The average Bonchev–Trinajstić information content (AvgIpc) is 3.30. The second-order valence-electron chi connectivity index (χ2n) is 6.94. The largest absolute Gasteiger partial charge is 0.493 e. The summed E-state index contributed by atoms with van der Waals surface area (Å²) in [5, 5.41) is 10.8. The van der Waals surface area contributed by atoms with Gasteiger partial charge in [0.1, 0.15) is 0 Å². The molecular weight excluding hydrogens is 543 g/mol. The second-order valence-corrected chi connectivity index (χ2v) is 6.94. The summed E-state index contributed by atoms with van der Waals surface area (Å²) in [6, 6.07) is 15.1. The van der Waals surface area contributed by atoms with Gasteiger partial charge < -0.3 is 20.1 Å². The summed E-state index contributed by atoms with van der Waals surface area (Å²) in [6.45, 7) is -1.05. The van der Waals surface area contributed by atoms with Crippen LogP contribution in [0.5, 0.6) is 11.5 Å². The third kappa shape index (κ3) is 8.19. The summed E-state index contributed by atoms with van der Waals surface area (Å²) in [5.41, 5.74) is 3.16. The minimum atomic E-state index is -2.91. The summed E-state index contributed by atoms with van der Waals surface area (Å²) in [5.74, 6) is 0.945. The molecule has 0 radical (unpaired) electrons. The fourth-order valence-electron chi connectivity index (χ4n) is 3.24. The number of hydrogen-bond donors (Lipinski definition) is 2. The van der Waals surface area contributed by atoms with Crippen LogP contribution in [0.15, 0.2) is 65.9 Å². The van der Waals surface area contributed by atoms with Gasteiger partial charge in [-0.2, -0.15) is 13.9 Å². The van der Waals surface area contributed by atoms with Crippen LogP contribution in [-0.4, -0.2) is 43.1 Å². The van der Waals surface area contributed by atoms with Gasteiger partial charge in [-0.3, -0.25) is 9.67 Å². The zero-order valence-corrected chi connectivity index (χ0v) is 20.8. The van der Waals surface area contributed by atoms with Crippen LogP contribution in [0.25, 0.3) is 0 Å². The highest BCUT2D eigenvalue weighted by molar-refractivity contribution is 14.0. The first-order valence-corrected chi connectivity index (χ1v) is 10.2. The number of aliphatic imine (C=N–C) groups is 1. The highest BCUT2D eigenvalue weighted by Crippen LogP contribution is 2.29. The molecule has 2 N–H and O–H groups in total. The molecule has 0 saturated heterocycles. The van der Waals surface area contributed by atoms with Crippen molar-refractivity contribution in [3.8, 4) is 11.5 Å². The lowest BCUT2D eigenvalue weighted by Crippen LogP contribution is -2.38. The monoisotopic (exact) mass is 571 g/mol. The molecule has 1 aromatic heterocycles. The number of halogens is 3. The Morgan fingerprint density at radius 3 is 2.55 bits per heavy atom. The van der Waals surface area contributed by atoms with Crippen LogP contribution in [0, 0.1) is 0 Å². The number of benzene rings is 2. The summed E-state index contributed by atoms with van der Waals surface area (Å²) in [4.78, 5) is 4.26. The van der Waals surface area contributed by atoms with Crippen molar-refractivity contribution < 1.29 is 18.3 Å². The van der Waals surface area contributed by atoms with Gasteiger partial charge in [0.15, 0.2) is 17.5 Å². The molecule has 178 valence electrons. The Labute approximate surface area is 209 Å². The third-order valence-corrected chi connectivity index (χ3v) is 4.83. The van der Waals surface area contributed by atoms with E-state index in [4.69, 9.17) is 4.74 Å². The van der Waals surface area contributed by atoms with Gasteiger partial charge in [-0.1, -0.05) is 30.3 Å². The van der Waals surface area contributed by atoms with Crippen molar-refractivity contribution in [2.45, 2.75) is 26.1 Å². The number of ether oxygens (including phenoxy) is 2. The van der Waals surface area contributed by atoms with E-state index in [1.807, 2.05) is 35.1 Å². The molecular formula is C23H28F2IN5O2. The quantitative estimate of drug-likeness (QED) is 0.218. The van der Waals surface area contributed by atoms with Crippen LogP contribution in [0.1, 0.15) is 16.7 Å². The smallest absolute Gasteiger partial charge is 0.387 e. The van der Waals surface area contributed by atoms with Crippen LogP contribution in [0.4, 0.5) is 8.78 Å². The van der Waals surface area contributed by atoms with E-state index < -0.39 is 6.61 Å². The number of alkyl halides is 2. The van der Waals surface area contributed by atoms with Crippen molar-refractivity contribution in [3.63, 3.8) is 0 Å². The van der Waals surface area contributed by atoms with Crippen molar-refractivity contribution in [1.82, 2.24) is 20.4 Å². The second kappa shape index (κ2) is 13.6. The van der Waals surface area contributed by atoms with Crippen LogP contribution in [0.3, 0.4) is 0 Å². The van der Waals surface area contributed by atoms with E-state index in [2.05, 4.69) is 37.6 Å². The van der Waals surface area contributed by atoms with Crippen LogP contribution >= 0.6 is 24.0 Å². The molecule has 3 aromatic rings. The maximum Gasteiger partial charge on any atom is 0.387 e. The van der Waals surface area contributed by atoms with E-state index in [9.17, 15) is 8.78 Å². The topological polar surface area (TPSA) is 72.7 Å². The number of methoxy groups -OCH3 is 1. The Morgan fingerprint density at radius 1 is 1.09 bits per heavy atom. The third-order valence-electron chi connectivity index (χ3n) is 4.83. The molecule has 10 heteroatoms. The highest BCUT2D eigenvalue weighted by Gasteiger charge is 2.11. The van der Waals surface area contributed by atoms with Crippen molar-refractivity contribution >= 4 is 29.9 Å². The molecule has 1 heterocycles. The number of nitrogens with one attached hydrogen (secondary N) is 2. The van der Waals surface area contributed by atoms with E-state index in [0.29, 0.717) is 32.0 Å². The number of rotatable bonds is 10. The van der Waals surface area contributed by atoms with E-state index in [1.165, 1.54) is 12.7 Å². The Kier molecular flexibility index (Phi) is 10.9. The summed E-state index contributed by atoms with van der Waals surface area (Å²) in [7, 11) is 3.12. The molecule has 0 spiro atoms. The van der Waals surface area contributed by atoms with Crippen molar-refractivity contribution in [2.24, 2.45) is 4.99 Å². The highest BCUT2D eigenvalue weighted by atomic mass is 127. The maximum atomic E-state index is 12.6. The van der Waals surface area contributed by atoms with Crippen molar-refractivity contribution in [2.75, 3.05) is 20.7 Å². The molecule has 0 amide bonds. The number of hydrogen-bond acceptors (Lipinski definition) is 4. The molecule has 0 saturated carbocycles. The number of guanidine groups is 1. The normalized spacial score (nSPS) is 11.1. The lowest BCUT2D eigenvalue weighted by atomic mass is 10.1. The van der Waals surface area contributed by atoms with Gasteiger partial charge in [-0.25, -0.2) is 0 Å². The lowest BCUT2D eigenvalue weighted by Gasteiger charge is -2.15. The summed E-state index contributed by atoms with van der Waals surface area (Å²) < 4.78 is 36.7. The summed E-state index contributed by atoms with van der Waals surface area (Å²) >= 11 is 0. The maximum absolute atomic E-state index is 12.6. The van der Waals surface area contributed by atoms with E-state index in [0.717, 1.165) is 11.1 Å². The first kappa shape index (κ1) is 26.4. The molecule has 0 unspecified atom stereocenters. The van der Waals surface area contributed by atoms with Gasteiger partial charge >= 0.3 is 6.61 Å². The predicted octanol–water partition coefficient (Wildman–Crippen LogP) is 4.07. The SMILES string of the molecule is CN=C(NCCc1ccc(OC)c(OC(F)F)c1)NCc1ccccc1Cn1cccn1.I. The van der Waals surface area contributed by atoms with Gasteiger partial charge in [0, 0.05) is 32.5 Å². The number of aromatic nitrogens is 2. The Bertz CT molecular complexity index is 1020. The molecule has 3 rings (SSSR count). The fourth-order valence-corrected chi connectivity index (χ4v) is 3.24. The van der Waals surface area contributed by atoms with E-state index >= 15 is 0 Å². The van der Waals surface area contributed by atoms with E-state index in [1.54, 1.807) is 25.4 Å². The zero-order chi connectivity index (χ0) is 22.8. The van der Waals surface area contributed by atoms with Gasteiger partial charge in [-0.15, -0.1) is 24.0 Å². The van der Waals surface area contributed by atoms with Crippen molar-refractivity contribution in [3.05, 3.63) is 77.6 Å². The molecule has 0 aliphatic heterocycles. The van der Waals surface area contributed by atoms with Gasteiger partial charge in [0.25, 0.3) is 0 Å². The van der Waals surface area contributed by atoms with Gasteiger partial charge in [0.05, 0.1) is 13.7 Å². The van der Waals surface area contributed by atoms with Gasteiger partial charge in [0.2, 0.25) is 0 Å². The lowest BCUT2D eigenvalue weighted by molar-refractivity contribution is -0.0512. The minimum absolute atomic E-state index is 0. The Morgan fingerprint density at radius 2 is 1.88 bits per heavy atom. The summed E-state index contributed by atoms with van der Waals surface area (Å²) in [6.07, 6.45) is 4.29.